The fourth-order valence-corrected chi connectivity index (χ4v) is 4.03. The van der Waals surface area contributed by atoms with Crippen molar-refractivity contribution in [2.75, 3.05) is 40.0 Å². The van der Waals surface area contributed by atoms with Gasteiger partial charge in [-0.3, -0.25) is 4.79 Å². The highest BCUT2D eigenvalue weighted by molar-refractivity contribution is 5.77. The van der Waals surface area contributed by atoms with Crippen LogP contribution in [0.3, 0.4) is 0 Å². The van der Waals surface area contributed by atoms with E-state index in [1.54, 1.807) is 7.11 Å². The van der Waals surface area contributed by atoms with Gasteiger partial charge in [0.25, 0.3) is 0 Å². The lowest BCUT2D eigenvalue weighted by Crippen LogP contribution is -2.37. The highest BCUT2D eigenvalue weighted by atomic mass is 16.5. The first-order valence-electron chi connectivity index (χ1n) is 8.36. The highest BCUT2D eigenvalue weighted by Crippen LogP contribution is 2.41. The molecule has 24 heavy (non-hydrogen) atoms. The van der Waals surface area contributed by atoms with Crippen molar-refractivity contribution < 1.29 is 14.3 Å². The molecule has 0 saturated carbocycles. The van der Waals surface area contributed by atoms with Gasteiger partial charge in [-0.05, 0) is 25.8 Å². The first-order chi connectivity index (χ1) is 11.4. The average molecular weight is 335 g/mol. The molecule has 0 spiro atoms. The molecule has 3 heterocycles. The van der Waals surface area contributed by atoms with E-state index in [4.69, 9.17) is 9.47 Å². The Morgan fingerprint density at radius 2 is 2.29 bits per heavy atom. The molecule has 2 atom stereocenters. The van der Waals surface area contributed by atoms with Gasteiger partial charge in [-0.2, -0.15) is 4.98 Å². The number of amides is 1. The molecule has 0 aromatic carbocycles. The number of hydrogen-bond donors (Lipinski definition) is 1. The Morgan fingerprint density at radius 3 is 3.00 bits per heavy atom. The summed E-state index contributed by atoms with van der Waals surface area (Å²) < 4.78 is 11.0. The van der Waals surface area contributed by atoms with Crippen molar-refractivity contribution in [2.24, 2.45) is 11.3 Å². The second-order valence-corrected chi connectivity index (χ2v) is 7.01. The SMILES string of the molecule is COC[C@@]12COC[C@@H]1CN(C(=O)CCc1c(C)nc(=O)[nH]c1C)C2. The number of carbonyl (C=O) groups is 1. The lowest BCUT2D eigenvalue weighted by molar-refractivity contribution is -0.131. The van der Waals surface area contributed by atoms with Crippen LogP contribution >= 0.6 is 0 Å². The fourth-order valence-electron chi connectivity index (χ4n) is 4.03. The first kappa shape index (κ1) is 17.1. The molecule has 2 fully saturated rings. The number of carbonyl (C=O) groups excluding carboxylic acids is 1. The van der Waals surface area contributed by atoms with Gasteiger partial charge in [-0.1, -0.05) is 0 Å². The number of aromatic amines is 1. The van der Waals surface area contributed by atoms with Crippen LogP contribution < -0.4 is 5.69 Å². The maximum atomic E-state index is 12.6. The van der Waals surface area contributed by atoms with Crippen molar-refractivity contribution in [1.82, 2.24) is 14.9 Å². The van der Waals surface area contributed by atoms with Crippen LogP contribution in [0.5, 0.6) is 0 Å². The van der Waals surface area contributed by atoms with Crippen LogP contribution in [0.4, 0.5) is 0 Å². The second-order valence-electron chi connectivity index (χ2n) is 7.01. The van der Waals surface area contributed by atoms with Gasteiger partial charge in [0.15, 0.2) is 0 Å². The van der Waals surface area contributed by atoms with Crippen LogP contribution in [0.15, 0.2) is 4.79 Å². The largest absolute Gasteiger partial charge is 0.384 e. The summed E-state index contributed by atoms with van der Waals surface area (Å²) in [5.74, 6) is 0.504. The summed E-state index contributed by atoms with van der Waals surface area (Å²) in [6.45, 7) is 7.10. The zero-order valence-corrected chi connectivity index (χ0v) is 14.6. The van der Waals surface area contributed by atoms with Gasteiger partial charge in [0.1, 0.15) is 0 Å². The quantitative estimate of drug-likeness (QED) is 0.844. The smallest absolute Gasteiger partial charge is 0.345 e. The number of aryl methyl sites for hydroxylation is 2. The number of hydrogen-bond acceptors (Lipinski definition) is 5. The van der Waals surface area contributed by atoms with Crippen molar-refractivity contribution in [3.05, 3.63) is 27.4 Å². The number of fused-ring (bicyclic) bond motifs is 1. The Balaban J connectivity index is 1.64. The molecule has 1 amide bonds. The number of methoxy groups -OCH3 is 1. The zero-order chi connectivity index (χ0) is 17.3. The van der Waals surface area contributed by atoms with E-state index in [1.807, 2.05) is 18.7 Å². The molecule has 2 aliphatic heterocycles. The van der Waals surface area contributed by atoms with Gasteiger partial charge in [0.2, 0.25) is 5.91 Å². The minimum absolute atomic E-state index is 0.0459. The van der Waals surface area contributed by atoms with E-state index in [-0.39, 0.29) is 17.0 Å². The molecule has 3 rings (SSSR count). The number of nitrogens with one attached hydrogen (secondary N) is 1. The van der Waals surface area contributed by atoms with Crippen LogP contribution in [0.25, 0.3) is 0 Å². The van der Waals surface area contributed by atoms with Gasteiger partial charge in [-0.15, -0.1) is 0 Å². The van der Waals surface area contributed by atoms with Crippen LogP contribution in [-0.2, 0) is 20.7 Å². The summed E-state index contributed by atoms with van der Waals surface area (Å²) >= 11 is 0. The Hall–Kier alpha value is -1.73. The maximum Gasteiger partial charge on any atom is 0.345 e. The molecule has 0 unspecified atom stereocenters. The molecule has 7 nitrogen and oxygen atoms in total. The number of ether oxygens (including phenoxy) is 2. The third-order valence-corrected chi connectivity index (χ3v) is 5.35. The van der Waals surface area contributed by atoms with Crippen LogP contribution in [-0.4, -0.2) is 60.8 Å². The molecule has 0 bridgehead atoms. The van der Waals surface area contributed by atoms with E-state index in [0.29, 0.717) is 50.8 Å². The third kappa shape index (κ3) is 3.10. The molecular weight excluding hydrogens is 310 g/mol. The molecule has 2 aliphatic rings. The Kier molecular flexibility index (Phi) is 4.73. The standard InChI is InChI=1S/C17H25N3O4/c1-11-14(12(2)19-16(22)18-11)4-5-15(21)20-6-13-7-24-10-17(13,8-20)9-23-3/h13H,4-10H2,1-3H3,(H,18,19,22)/t13-,17-/m0/s1. The molecule has 2 saturated heterocycles. The normalized spacial score (nSPS) is 26.0. The Bertz CT molecular complexity index is 661. The predicted octanol–water partition coefficient (Wildman–Crippen LogP) is 0.441. The zero-order valence-electron chi connectivity index (χ0n) is 14.6. The summed E-state index contributed by atoms with van der Waals surface area (Å²) in [6.07, 6.45) is 1.02. The Labute approximate surface area is 141 Å². The van der Waals surface area contributed by atoms with Crippen LogP contribution in [0.1, 0.15) is 23.4 Å². The summed E-state index contributed by atoms with van der Waals surface area (Å²) in [5.41, 5.74) is 2.07. The molecule has 1 aromatic rings. The molecular formula is C17H25N3O4. The number of likely N-dealkylation sites (tertiary alicyclic amines) is 1. The number of H-pyrrole nitrogens is 1. The average Bonchev–Trinajstić information content (AvgIpc) is 3.03. The lowest BCUT2D eigenvalue weighted by atomic mass is 9.82. The fraction of sp³-hybridized carbons (Fsp3) is 0.706. The molecule has 0 aliphatic carbocycles. The number of nitrogens with zero attached hydrogens (tertiary/aromatic N) is 2. The summed E-state index contributed by atoms with van der Waals surface area (Å²) in [5, 5.41) is 0. The van der Waals surface area contributed by atoms with E-state index in [1.165, 1.54) is 0 Å². The molecule has 132 valence electrons. The predicted molar refractivity (Wildman–Crippen MR) is 87.9 cm³/mol. The third-order valence-electron chi connectivity index (χ3n) is 5.35. The monoisotopic (exact) mass is 335 g/mol. The number of rotatable bonds is 5. The highest BCUT2D eigenvalue weighted by Gasteiger charge is 2.51. The summed E-state index contributed by atoms with van der Waals surface area (Å²) in [7, 11) is 1.70. The van der Waals surface area contributed by atoms with E-state index >= 15 is 0 Å². The van der Waals surface area contributed by atoms with Crippen molar-refractivity contribution >= 4 is 5.91 Å². The minimum atomic E-state index is -0.339. The maximum absolute atomic E-state index is 12.6. The van der Waals surface area contributed by atoms with Crippen molar-refractivity contribution in [2.45, 2.75) is 26.7 Å². The Morgan fingerprint density at radius 1 is 1.50 bits per heavy atom. The van der Waals surface area contributed by atoms with Crippen molar-refractivity contribution in [3.8, 4) is 0 Å². The molecule has 7 heteroatoms. The van der Waals surface area contributed by atoms with Crippen LogP contribution in [0.2, 0.25) is 0 Å². The lowest BCUT2D eigenvalue weighted by Gasteiger charge is -2.26. The van der Waals surface area contributed by atoms with Gasteiger partial charge in [-0.25, -0.2) is 4.79 Å². The van der Waals surface area contributed by atoms with E-state index in [2.05, 4.69) is 9.97 Å². The van der Waals surface area contributed by atoms with Crippen molar-refractivity contribution in [1.29, 1.82) is 0 Å². The number of aromatic nitrogens is 2. The molecule has 1 N–H and O–H groups in total. The molecule has 0 radical (unpaired) electrons. The topological polar surface area (TPSA) is 84.5 Å². The van der Waals surface area contributed by atoms with E-state index in [9.17, 15) is 9.59 Å². The van der Waals surface area contributed by atoms with Crippen LogP contribution in [0, 0.1) is 25.2 Å². The summed E-state index contributed by atoms with van der Waals surface area (Å²) in [6, 6.07) is 0. The molecule has 1 aromatic heterocycles. The minimum Gasteiger partial charge on any atom is -0.384 e. The van der Waals surface area contributed by atoms with Gasteiger partial charge in [0, 0.05) is 49.3 Å². The summed E-state index contributed by atoms with van der Waals surface area (Å²) in [4.78, 5) is 32.6. The van der Waals surface area contributed by atoms with Gasteiger partial charge >= 0.3 is 5.69 Å². The van der Waals surface area contributed by atoms with Gasteiger partial charge in [0.05, 0.1) is 19.8 Å². The van der Waals surface area contributed by atoms with Crippen molar-refractivity contribution in [3.63, 3.8) is 0 Å². The van der Waals surface area contributed by atoms with E-state index < -0.39 is 0 Å². The van der Waals surface area contributed by atoms with E-state index in [0.717, 1.165) is 17.8 Å². The second kappa shape index (κ2) is 6.64. The first-order valence-corrected chi connectivity index (χ1v) is 8.36. The van der Waals surface area contributed by atoms with Gasteiger partial charge < -0.3 is 19.4 Å².